The van der Waals surface area contributed by atoms with Crippen molar-refractivity contribution in [1.82, 2.24) is 0 Å². The molecule has 0 aliphatic heterocycles. The topological polar surface area (TPSA) is 303 Å². The summed E-state index contributed by atoms with van der Waals surface area (Å²) in [7, 11) is -19.8. The fraction of sp³-hybridized carbons (Fsp3) is 0. The molecule has 0 heterocycles. The van der Waals surface area contributed by atoms with Crippen LogP contribution in [-0.2, 0) is 40.5 Å². The summed E-state index contributed by atoms with van der Waals surface area (Å²) in [6, 6.07) is 14.4. The monoisotopic (exact) mass is 706 g/mol. The Bertz CT molecular complexity index is 2180. The normalized spacial score (nSPS) is 13.2. The molecule has 4 rings (SSSR count). The Morgan fingerprint density at radius 3 is 0.913 bits per heavy atom. The molecule has 0 saturated carbocycles. The van der Waals surface area contributed by atoms with Gasteiger partial charge in [-0.25, -0.2) is 33.7 Å². The van der Waals surface area contributed by atoms with Gasteiger partial charge in [0.1, 0.15) is 51.8 Å². The summed E-state index contributed by atoms with van der Waals surface area (Å²) in [6.07, 6.45) is 0. The number of hydrogen-bond acceptors (Lipinski definition) is 18. The zero-order valence-electron chi connectivity index (χ0n) is 22.3. The Hall–Kier alpha value is -4.68. The van der Waals surface area contributed by atoms with E-state index in [1.165, 1.54) is 0 Å². The highest BCUT2D eigenvalue weighted by atomic mass is 32.2. The highest BCUT2D eigenvalue weighted by Gasteiger charge is 2.14. The Morgan fingerprint density at radius 1 is 0.348 bits per heavy atom. The highest BCUT2D eigenvalue weighted by molar-refractivity contribution is 7.86. The molecule has 0 radical (unpaired) electrons. The van der Waals surface area contributed by atoms with Gasteiger partial charge in [0, 0.05) is 0 Å². The molecule has 0 bridgehead atoms. The van der Waals surface area contributed by atoms with Gasteiger partial charge in [-0.05, 0) is 84.9 Å². The molecule has 0 aliphatic rings. The highest BCUT2D eigenvalue weighted by Crippen LogP contribution is 2.34. The van der Waals surface area contributed by atoms with E-state index in [1.54, 1.807) is 0 Å². The molecule has 0 N–H and O–H groups in total. The van der Waals surface area contributed by atoms with Crippen LogP contribution in [0.1, 0.15) is 0 Å². The molecule has 0 fully saturated rings. The van der Waals surface area contributed by atoms with Crippen LogP contribution < -0.4 is 0 Å². The Kier molecular flexibility index (Phi) is 9.64. The molecular weight excluding hydrogens is 693 g/mol. The maximum atomic E-state index is 11.9. The number of nitrogens with zero attached hydrogens (tertiary/aromatic N) is 6. The van der Waals surface area contributed by atoms with Gasteiger partial charge in [-0.1, -0.05) is 0 Å². The van der Waals surface area contributed by atoms with Crippen LogP contribution in [0.25, 0.3) is 0 Å². The summed E-state index contributed by atoms with van der Waals surface area (Å²) in [5.41, 5.74) is -1.30. The summed E-state index contributed by atoms with van der Waals surface area (Å²) in [6.45, 7) is 0. The minimum Gasteiger partial charge on any atom is -0.744 e. The summed E-state index contributed by atoms with van der Waals surface area (Å²) >= 11 is 0. The molecule has 0 aliphatic carbocycles. The molecule has 0 spiro atoms. The third-order valence-electron chi connectivity index (χ3n) is 5.50. The van der Waals surface area contributed by atoms with Crippen LogP contribution >= 0.6 is 0 Å². The number of rotatable bonds is 10. The van der Waals surface area contributed by atoms with Crippen LogP contribution in [0.2, 0.25) is 0 Å². The second kappa shape index (κ2) is 13.0. The second-order valence-corrected chi connectivity index (χ2v) is 14.2. The van der Waals surface area contributed by atoms with Crippen LogP contribution in [0.3, 0.4) is 0 Å². The first-order valence-corrected chi connectivity index (χ1v) is 17.5. The van der Waals surface area contributed by atoms with Crippen LogP contribution in [-0.4, -0.2) is 51.9 Å². The van der Waals surface area contributed by atoms with Gasteiger partial charge in [-0.15, -0.1) is 10.2 Å². The zero-order chi connectivity index (χ0) is 33.9. The van der Waals surface area contributed by atoms with Crippen molar-refractivity contribution in [3.05, 3.63) is 84.9 Å². The summed E-state index contributed by atoms with van der Waals surface area (Å²) < 4.78 is 138. The van der Waals surface area contributed by atoms with E-state index < -0.39 is 71.4 Å². The lowest BCUT2D eigenvalue weighted by atomic mass is 10.3. The largest absolute Gasteiger partial charge is 0.744 e. The maximum absolute atomic E-state index is 11.9. The molecular formula is C24H14N6O12S4-4. The van der Waals surface area contributed by atoms with Crippen molar-refractivity contribution in [2.75, 3.05) is 0 Å². The average Bonchev–Trinajstić information content (AvgIpc) is 2.97. The van der Waals surface area contributed by atoms with Crippen molar-refractivity contribution >= 4 is 74.6 Å². The molecule has 4 aromatic carbocycles. The average molecular weight is 707 g/mol. The Balaban J connectivity index is 1.63. The summed E-state index contributed by atoms with van der Waals surface area (Å²) in [5.74, 6) is 0. The second-order valence-electron chi connectivity index (χ2n) is 8.71. The van der Waals surface area contributed by atoms with Gasteiger partial charge < -0.3 is 18.2 Å². The maximum Gasteiger partial charge on any atom is 0.126 e. The van der Waals surface area contributed by atoms with Crippen LogP contribution in [0.5, 0.6) is 0 Å². The molecule has 0 aromatic heterocycles. The van der Waals surface area contributed by atoms with Crippen molar-refractivity contribution in [2.45, 2.75) is 19.6 Å². The predicted octanol–water partition coefficient (Wildman–Crippen LogP) is 4.55. The lowest BCUT2D eigenvalue weighted by Crippen LogP contribution is -1.99. The van der Waals surface area contributed by atoms with E-state index in [0.29, 0.717) is 0 Å². The van der Waals surface area contributed by atoms with Gasteiger partial charge in [-0.3, -0.25) is 0 Å². The van der Waals surface area contributed by atoms with Gasteiger partial charge in [0.05, 0.1) is 42.3 Å². The molecule has 0 saturated heterocycles. The van der Waals surface area contributed by atoms with Crippen molar-refractivity contribution in [3.8, 4) is 0 Å². The van der Waals surface area contributed by atoms with E-state index in [4.69, 9.17) is 0 Å². The molecule has 0 amide bonds. The summed E-state index contributed by atoms with van der Waals surface area (Å²) in [4.78, 5) is -2.91. The first-order chi connectivity index (χ1) is 21.3. The Labute approximate surface area is 260 Å². The lowest BCUT2D eigenvalue weighted by molar-refractivity contribution is 0.460. The van der Waals surface area contributed by atoms with Crippen LogP contribution in [0, 0.1) is 0 Å². The van der Waals surface area contributed by atoms with E-state index in [1.807, 2.05) is 0 Å². The first kappa shape index (κ1) is 34.2. The fourth-order valence-corrected chi connectivity index (χ4v) is 5.59. The smallest absolute Gasteiger partial charge is 0.126 e. The molecule has 18 nitrogen and oxygen atoms in total. The van der Waals surface area contributed by atoms with Gasteiger partial charge in [-0.2, -0.15) is 20.5 Å². The third-order valence-corrected chi connectivity index (χ3v) is 8.93. The SMILES string of the molecule is O=S(=O)([O-])c1ccc(N=Nc2ccc(N=Nc3ccc(N=Nc4ccc(S(=O)(=O)[O-])cc4)cc3S(=O)(=O)[O-])c(S(=O)(=O)[O-])c2)cc1. The third kappa shape index (κ3) is 8.95. The molecule has 4 aromatic rings. The quantitative estimate of drug-likeness (QED) is 0.162. The number of hydrogen-bond donors (Lipinski definition) is 0. The molecule has 0 unspecified atom stereocenters. The zero-order valence-corrected chi connectivity index (χ0v) is 25.6. The van der Waals surface area contributed by atoms with Crippen molar-refractivity contribution in [2.24, 2.45) is 30.7 Å². The van der Waals surface area contributed by atoms with E-state index in [-0.39, 0.29) is 22.7 Å². The predicted molar refractivity (Wildman–Crippen MR) is 150 cm³/mol. The molecule has 0 atom stereocenters. The Morgan fingerprint density at radius 2 is 0.630 bits per heavy atom. The van der Waals surface area contributed by atoms with Gasteiger partial charge in [0.15, 0.2) is 0 Å². The van der Waals surface area contributed by atoms with Gasteiger partial charge in [0.25, 0.3) is 0 Å². The minimum absolute atomic E-state index is 0.0737. The number of azo groups is 3. The summed E-state index contributed by atoms with van der Waals surface area (Å²) in [5, 5.41) is 22.3. The molecule has 22 heteroatoms. The van der Waals surface area contributed by atoms with E-state index >= 15 is 0 Å². The number of benzene rings is 4. The van der Waals surface area contributed by atoms with Gasteiger partial charge >= 0.3 is 0 Å². The van der Waals surface area contributed by atoms with E-state index in [9.17, 15) is 51.9 Å². The van der Waals surface area contributed by atoms with Gasteiger partial charge in [0.2, 0.25) is 0 Å². The molecule has 240 valence electrons. The lowest BCUT2D eigenvalue weighted by Gasteiger charge is -2.11. The molecule has 46 heavy (non-hydrogen) atoms. The standard InChI is InChI=1S/C24H18N6O12S4/c31-43(32,33)19-7-1-15(2-8-19)25-27-17-5-11-21(23(13-17)45(37,38)39)29-30-22-12-6-18(14-24(22)46(40,41)42)28-26-16-3-9-20(10-4-16)44(34,35)36/h1-14H,(H,31,32,33)(H,34,35,36)(H,37,38,39)(H,40,41,42)/p-4. The minimum atomic E-state index is -5.22. The fourth-order valence-electron chi connectivity index (χ4n) is 3.39. The van der Waals surface area contributed by atoms with Crippen molar-refractivity contribution in [1.29, 1.82) is 0 Å². The van der Waals surface area contributed by atoms with Crippen molar-refractivity contribution in [3.63, 3.8) is 0 Å². The van der Waals surface area contributed by atoms with E-state index in [0.717, 1.165) is 84.9 Å². The van der Waals surface area contributed by atoms with Crippen molar-refractivity contribution < 1.29 is 51.9 Å². The van der Waals surface area contributed by atoms with Crippen LogP contribution in [0.15, 0.2) is 135 Å². The van der Waals surface area contributed by atoms with Crippen LogP contribution in [0.4, 0.5) is 34.1 Å². The van der Waals surface area contributed by atoms with E-state index in [2.05, 4.69) is 30.7 Å². The first-order valence-electron chi connectivity index (χ1n) is 11.9.